The molecule has 3 rings (SSSR count). The van der Waals surface area contributed by atoms with Crippen LogP contribution in [-0.2, 0) is 9.84 Å². The number of amides is 1. The average molecular weight is 401 g/mol. The first kappa shape index (κ1) is 18.3. The number of hydrogen-bond acceptors (Lipinski definition) is 6. The van der Waals surface area contributed by atoms with Crippen LogP contribution in [0.1, 0.15) is 15.9 Å². The molecule has 6 nitrogen and oxygen atoms in total. The Bertz CT molecular complexity index is 1110. The first-order valence-electron chi connectivity index (χ1n) is 7.05. The number of carbonyl (C=O) groups is 1. The van der Waals surface area contributed by atoms with Gasteiger partial charge in [-0.3, -0.25) is 10.1 Å². The van der Waals surface area contributed by atoms with Gasteiger partial charge in [0.2, 0.25) is 0 Å². The fraction of sp³-hybridized carbons (Fsp3) is 0.133. The molecular weight excluding hydrogens is 391 g/mol. The number of alkyl halides is 3. The van der Waals surface area contributed by atoms with Gasteiger partial charge in [0.25, 0.3) is 15.7 Å². The van der Waals surface area contributed by atoms with E-state index in [1.54, 1.807) is 12.1 Å². The minimum Gasteiger partial charge on any atom is -0.298 e. The Balaban J connectivity index is 2.00. The molecule has 0 bridgehead atoms. The van der Waals surface area contributed by atoms with Crippen molar-refractivity contribution >= 4 is 42.4 Å². The summed E-state index contributed by atoms with van der Waals surface area (Å²) >= 11 is 1.12. The lowest BCUT2D eigenvalue weighted by molar-refractivity contribution is -0.0438. The van der Waals surface area contributed by atoms with Gasteiger partial charge in [-0.2, -0.15) is 13.2 Å². The number of benzene rings is 1. The molecule has 0 saturated heterocycles. The van der Waals surface area contributed by atoms with E-state index in [1.165, 1.54) is 6.07 Å². The average Bonchev–Trinajstić information content (AvgIpc) is 2.97. The molecule has 0 atom stereocenters. The van der Waals surface area contributed by atoms with E-state index in [-0.39, 0.29) is 5.13 Å². The number of sulfone groups is 1. The maximum absolute atomic E-state index is 12.8. The van der Waals surface area contributed by atoms with Crippen molar-refractivity contribution in [3.8, 4) is 0 Å². The van der Waals surface area contributed by atoms with Crippen molar-refractivity contribution in [3.05, 3.63) is 47.7 Å². The van der Waals surface area contributed by atoms with Crippen molar-refractivity contribution in [2.45, 2.75) is 17.5 Å². The number of aryl methyl sites for hydroxylation is 1. The van der Waals surface area contributed by atoms with Crippen molar-refractivity contribution in [2.75, 3.05) is 5.32 Å². The smallest absolute Gasteiger partial charge is 0.298 e. The molecule has 0 fully saturated rings. The summed E-state index contributed by atoms with van der Waals surface area (Å²) in [4.78, 5) is 19.8. The molecule has 0 aliphatic carbocycles. The first-order valence-corrected chi connectivity index (χ1v) is 9.35. The Kier molecular flexibility index (Phi) is 4.44. The minimum atomic E-state index is -5.76. The Morgan fingerprint density at radius 3 is 2.58 bits per heavy atom. The molecule has 11 heteroatoms. The van der Waals surface area contributed by atoms with Gasteiger partial charge in [-0.15, -0.1) is 0 Å². The molecule has 2 aromatic heterocycles. The van der Waals surface area contributed by atoms with E-state index in [9.17, 15) is 26.4 Å². The highest BCUT2D eigenvalue weighted by Gasteiger charge is 2.49. The van der Waals surface area contributed by atoms with E-state index >= 15 is 0 Å². The van der Waals surface area contributed by atoms with Crippen LogP contribution in [-0.4, -0.2) is 29.8 Å². The molecule has 1 amide bonds. The third-order valence-corrected chi connectivity index (χ3v) is 5.80. The van der Waals surface area contributed by atoms with Crippen LogP contribution in [0.5, 0.6) is 0 Å². The molecule has 0 spiro atoms. The van der Waals surface area contributed by atoms with Crippen LogP contribution >= 0.6 is 11.3 Å². The van der Waals surface area contributed by atoms with Crippen LogP contribution in [0.2, 0.25) is 0 Å². The summed E-state index contributed by atoms with van der Waals surface area (Å²) in [6, 6.07) is 7.53. The lowest BCUT2D eigenvalue weighted by Gasteiger charge is -2.10. The predicted molar refractivity (Wildman–Crippen MR) is 89.8 cm³/mol. The van der Waals surface area contributed by atoms with Crippen LogP contribution in [0.15, 0.2) is 41.6 Å². The van der Waals surface area contributed by atoms with Gasteiger partial charge in [0.1, 0.15) is 0 Å². The Morgan fingerprint density at radius 1 is 1.19 bits per heavy atom. The summed E-state index contributed by atoms with van der Waals surface area (Å²) in [5.41, 5.74) is -4.77. The van der Waals surface area contributed by atoms with Gasteiger partial charge in [-0.1, -0.05) is 23.5 Å². The number of carbonyl (C=O) groups excluding carboxylic acids is 1. The van der Waals surface area contributed by atoms with E-state index in [0.717, 1.165) is 33.9 Å². The highest BCUT2D eigenvalue weighted by molar-refractivity contribution is 7.92. The second-order valence-corrected chi connectivity index (χ2v) is 8.09. The van der Waals surface area contributed by atoms with Crippen molar-refractivity contribution in [3.63, 3.8) is 0 Å². The molecule has 136 valence electrons. The van der Waals surface area contributed by atoms with E-state index in [1.807, 2.05) is 13.0 Å². The molecular formula is C15H10F3N3O3S2. The molecule has 0 aliphatic heterocycles. The number of thiazole rings is 1. The second-order valence-electron chi connectivity index (χ2n) is 5.20. The van der Waals surface area contributed by atoms with Crippen LogP contribution in [0.4, 0.5) is 18.3 Å². The zero-order valence-electron chi connectivity index (χ0n) is 13.0. The summed E-state index contributed by atoms with van der Waals surface area (Å²) in [7, 11) is -5.76. The molecule has 0 aliphatic rings. The number of para-hydroxylation sites is 1. The summed E-state index contributed by atoms with van der Waals surface area (Å²) < 4.78 is 62.5. The summed E-state index contributed by atoms with van der Waals surface area (Å²) in [5.74, 6) is -1.04. The zero-order valence-corrected chi connectivity index (χ0v) is 14.7. The summed E-state index contributed by atoms with van der Waals surface area (Å²) in [6.07, 6.45) is 0.871. The van der Waals surface area contributed by atoms with Gasteiger partial charge >= 0.3 is 5.51 Å². The zero-order chi connectivity index (χ0) is 19.1. The summed E-state index contributed by atoms with van der Waals surface area (Å²) in [6.45, 7) is 1.82. The topological polar surface area (TPSA) is 89.0 Å². The molecule has 1 aromatic carbocycles. The fourth-order valence-corrected chi connectivity index (χ4v) is 4.00. The van der Waals surface area contributed by atoms with Crippen molar-refractivity contribution in [2.24, 2.45) is 0 Å². The SMILES string of the molecule is Cc1cccc2sc(NC(=O)c3cccnc3S(=O)(=O)C(F)(F)F)nc12. The number of aromatic nitrogens is 2. The molecule has 3 aromatic rings. The highest BCUT2D eigenvalue weighted by atomic mass is 32.2. The van der Waals surface area contributed by atoms with Crippen LogP contribution in [0.3, 0.4) is 0 Å². The fourth-order valence-electron chi connectivity index (χ4n) is 2.19. The van der Waals surface area contributed by atoms with Gasteiger partial charge in [0.15, 0.2) is 10.2 Å². The molecule has 2 heterocycles. The van der Waals surface area contributed by atoms with E-state index in [0.29, 0.717) is 5.52 Å². The normalized spacial score (nSPS) is 12.3. The monoisotopic (exact) mass is 401 g/mol. The number of halogens is 3. The number of fused-ring (bicyclic) bond motifs is 1. The third kappa shape index (κ3) is 3.15. The molecule has 0 saturated carbocycles. The van der Waals surface area contributed by atoms with Gasteiger partial charge in [0, 0.05) is 6.20 Å². The molecule has 1 N–H and O–H groups in total. The van der Waals surface area contributed by atoms with Crippen molar-refractivity contribution < 1.29 is 26.4 Å². The van der Waals surface area contributed by atoms with Gasteiger partial charge in [-0.25, -0.2) is 18.4 Å². The lowest BCUT2D eigenvalue weighted by atomic mass is 10.2. The van der Waals surface area contributed by atoms with Crippen molar-refractivity contribution in [1.29, 1.82) is 0 Å². The highest BCUT2D eigenvalue weighted by Crippen LogP contribution is 2.32. The van der Waals surface area contributed by atoms with E-state index < -0.39 is 31.8 Å². The number of nitrogens with one attached hydrogen (secondary N) is 1. The van der Waals surface area contributed by atoms with Crippen molar-refractivity contribution in [1.82, 2.24) is 9.97 Å². The molecule has 26 heavy (non-hydrogen) atoms. The number of hydrogen-bond donors (Lipinski definition) is 1. The standard InChI is InChI=1S/C15H10F3N3O3S2/c1-8-4-2-6-10-11(8)20-14(25-10)21-12(22)9-5-3-7-19-13(9)26(23,24)15(16,17)18/h2-7H,1H3,(H,20,21,22). The maximum Gasteiger partial charge on any atom is 0.503 e. The number of rotatable bonds is 3. The Labute approximate surface area is 149 Å². The maximum atomic E-state index is 12.8. The minimum absolute atomic E-state index is 0.138. The van der Waals surface area contributed by atoms with Gasteiger partial charge in [0.05, 0.1) is 15.8 Å². The van der Waals surface area contributed by atoms with Crippen LogP contribution in [0.25, 0.3) is 10.2 Å². The first-order chi connectivity index (χ1) is 12.1. The summed E-state index contributed by atoms with van der Waals surface area (Å²) in [5, 5.41) is 1.13. The second kappa shape index (κ2) is 6.32. The Hall–Kier alpha value is -2.53. The Morgan fingerprint density at radius 2 is 1.92 bits per heavy atom. The quantitative estimate of drug-likeness (QED) is 0.725. The predicted octanol–water partition coefficient (Wildman–Crippen LogP) is 3.55. The molecule has 0 unspecified atom stereocenters. The lowest BCUT2D eigenvalue weighted by Crippen LogP contribution is -2.27. The third-order valence-electron chi connectivity index (χ3n) is 3.42. The number of pyridine rings is 1. The number of anilines is 1. The largest absolute Gasteiger partial charge is 0.503 e. The van der Waals surface area contributed by atoms with Crippen LogP contribution in [0, 0.1) is 6.92 Å². The van der Waals surface area contributed by atoms with Crippen LogP contribution < -0.4 is 5.32 Å². The van der Waals surface area contributed by atoms with E-state index in [4.69, 9.17) is 0 Å². The number of nitrogens with zero attached hydrogens (tertiary/aromatic N) is 2. The van der Waals surface area contributed by atoms with E-state index in [2.05, 4.69) is 15.3 Å². The van der Waals surface area contributed by atoms with Gasteiger partial charge < -0.3 is 0 Å². The van der Waals surface area contributed by atoms with Gasteiger partial charge in [-0.05, 0) is 30.7 Å². The molecule has 0 radical (unpaired) electrons.